The molecule has 3 aliphatic rings. The van der Waals surface area contributed by atoms with Crippen molar-refractivity contribution in [2.24, 2.45) is 23.7 Å². The summed E-state index contributed by atoms with van der Waals surface area (Å²) in [7, 11) is 0. The van der Waals surface area contributed by atoms with Gasteiger partial charge in [0.15, 0.2) is 0 Å². The van der Waals surface area contributed by atoms with Crippen molar-refractivity contribution in [3.8, 4) is 0 Å². The summed E-state index contributed by atoms with van der Waals surface area (Å²) in [5.74, 6) is 5.70. The third-order valence-corrected chi connectivity index (χ3v) is 5.45. The molecule has 0 aromatic carbocycles. The van der Waals surface area contributed by atoms with Crippen molar-refractivity contribution in [1.29, 1.82) is 0 Å². The maximum absolute atomic E-state index is 11.0. The molecule has 4 unspecified atom stereocenters. The summed E-state index contributed by atoms with van der Waals surface area (Å²) in [4.78, 5) is 11.0. The highest BCUT2D eigenvalue weighted by Gasteiger charge is 2.42. The van der Waals surface area contributed by atoms with Crippen molar-refractivity contribution in [1.82, 2.24) is 0 Å². The van der Waals surface area contributed by atoms with E-state index in [2.05, 4.69) is 5.94 Å². The lowest BCUT2D eigenvalue weighted by Crippen LogP contribution is -2.39. The van der Waals surface area contributed by atoms with E-state index >= 15 is 0 Å². The summed E-state index contributed by atoms with van der Waals surface area (Å²) in [6.07, 6.45) is 12.1. The van der Waals surface area contributed by atoms with Gasteiger partial charge in [0.1, 0.15) is 5.94 Å². The molecule has 0 aromatic rings. The Kier molecular flexibility index (Phi) is 2.90. The molecule has 3 saturated carbocycles. The summed E-state index contributed by atoms with van der Waals surface area (Å²) < 4.78 is 0. The molecular formula is C15H22O. The Bertz CT molecular complexity index is 313. The molecule has 16 heavy (non-hydrogen) atoms. The second-order valence-electron chi connectivity index (χ2n) is 6.08. The van der Waals surface area contributed by atoms with Crippen LogP contribution in [0.2, 0.25) is 0 Å². The highest BCUT2D eigenvalue weighted by Crippen LogP contribution is 2.52. The standard InChI is InChI=1S/C15H22O/c16-10-12-5-3-7-15-13-6-2-1-4-11(13)8-9-14(12)15/h11,13-15H,1-9H2. The summed E-state index contributed by atoms with van der Waals surface area (Å²) in [6, 6.07) is 0. The zero-order chi connectivity index (χ0) is 11.0. The lowest BCUT2D eigenvalue weighted by molar-refractivity contribution is 0.0516. The normalized spacial score (nSPS) is 43.1. The Hall–Kier alpha value is -0.550. The third kappa shape index (κ3) is 1.66. The molecule has 0 heterocycles. The first-order chi connectivity index (χ1) is 7.90. The van der Waals surface area contributed by atoms with Gasteiger partial charge in [-0.05, 0) is 62.2 Å². The van der Waals surface area contributed by atoms with Crippen LogP contribution >= 0.6 is 0 Å². The molecule has 0 spiro atoms. The number of hydrogen-bond donors (Lipinski definition) is 0. The molecular weight excluding hydrogens is 196 g/mol. The minimum Gasteiger partial charge on any atom is -0.234 e. The van der Waals surface area contributed by atoms with E-state index < -0.39 is 0 Å². The summed E-state index contributed by atoms with van der Waals surface area (Å²) in [5.41, 5.74) is 1.14. The van der Waals surface area contributed by atoms with E-state index in [4.69, 9.17) is 0 Å². The lowest BCUT2D eigenvalue weighted by atomic mass is 9.57. The number of rotatable bonds is 0. The Labute approximate surface area is 98.3 Å². The van der Waals surface area contributed by atoms with E-state index in [1.54, 1.807) is 0 Å². The van der Waals surface area contributed by atoms with Crippen LogP contribution in [0.1, 0.15) is 57.8 Å². The van der Waals surface area contributed by atoms with Gasteiger partial charge in [-0.3, -0.25) is 0 Å². The first kappa shape index (κ1) is 10.6. The van der Waals surface area contributed by atoms with Gasteiger partial charge in [-0.1, -0.05) is 19.3 Å². The highest BCUT2D eigenvalue weighted by molar-refractivity contribution is 5.54. The van der Waals surface area contributed by atoms with Crippen LogP contribution in [0.25, 0.3) is 0 Å². The molecule has 3 aliphatic carbocycles. The summed E-state index contributed by atoms with van der Waals surface area (Å²) in [6.45, 7) is 0. The molecule has 4 atom stereocenters. The average Bonchev–Trinajstić information content (AvgIpc) is 2.37. The second-order valence-corrected chi connectivity index (χ2v) is 6.08. The fraction of sp³-hybridized carbons (Fsp3) is 0.867. The predicted octanol–water partition coefficient (Wildman–Crippen LogP) is 3.76. The van der Waals surface area contributed by atoms with Crippen molar-refractivity contribution in [3.63, 3.8) is 0 Å². The zero-order valence-corrected chi connectivity index (χ0v) is 10.1. The van der Waals surface area contributed by atoms with Crippen molar-refractivity contribution in [2.45, 2.75) is 57.8 Å². The third-order valence-electron chi connectivity index (χ3n) is 5.45. The van der Waals surface area contributed by atoms with Gasteiger partial charge in [-0.15, -0.1) is 0 Å². The molecule has 0 aliphatic heterocycles. The predicted molar refractivity (Wildman–Crippen MR) is 64.7 cm³/mol. The monoisotopic (exact) mass is 218 g/mol. The van der Waals surface area contributed by atoms with E-state index in [0.29, 0.717) is 5.92 Å². The van der Waals surface area contributed by atoms with Crippen molar-refractivity contribution in [3.05, 3.63) is 5.57 Å². The fourth-order valence-electron chi connectivity index (χ4n) is 4.75. The Morgan fingerprint density at radius 3 is 2.56 bits per heavy atom. The van der Waals surface area contributed by atoms with E-state index in [9.17, 15) is 4.79 Å². The van der Waals surface area contributed by atoms with Gasteiger partial charge >= 0.3 is 0 Å². The number of hydrogen-bond acceptors (Lipinski definition) is 1. The number of carbonyl (C=O) groups excluding carboxylic acids is 1. The molecule has 0 aromatic heterocycles. The smallest absolute Gasteiger partial charge is 0.123 e. The molecule has 1 nitrogen and oxygen atoms in total. The molecule has 0 saturated heterocycles. The first-order valence-electron chi connectivity index (χ1n) is 7.14. The highest BCUT2D eigenvalue weighted by atomic mass is 16.1. The van der Waals surface area contributed by atoms with Crippen LogP contribution < -0.4 is 0 Å². The van der Waals surface area contributed by atoms with Gasteiger partial charge in [-0.2, -0.15) is 0 Å². The SMILES string of the molecule is O=C=C1CCCC2C1CCC1CCCCC12. The average molecular weight is 218 g/mol. The molecule has 3 rings (SSSR count). The van der Waals surface area contributed by atoms with Gasteiger partial charge in [0.25, 0.3) is 0 Å². The number of allylic oxidation sites excluding steroid dienone is 1. The molecule has 0 amide bonds. The zero-order valence-electron chi connectivity index (χ0n) is 10.1. The Morgan fingerprint density at radius 2 is 1.69 bits per heavy atom. The van der Waals surface area contributed by atoms with Crippen molar-refractivity contribution in [2.75, 3.05) is 0 Å². The number of fused-ring (bicyclic) bond motifs is 3. The molecule has 3 fully saturated rings. The van der Waals surface area contributed by atoms with E-state index in [1.807, 2.05) is 0 Å². The van der Waals surface area contributed by atoms with E-state index in [1.165, 1.54) is 51.4 Å². The van der Waals surface area contributed by atoms with Crippen LogP contribution in [0.15, 0.2) is 5.57 Å². The second kappa shape index (κ2) is 4.37. The van der Waals surface area contributed by atoms with Crippen LogP contribution in [0, 0.1) is 23.7 Å². The van der Waals surface area contributed by atoms with Crippen LogP contribution in [0.4, 0.5) is 0 Å². The molecule has 0 bridgehead atoms. The molecule has 1 heteroatoms. The largest absolute Gasteiger partial charge is 0.234 e. The van der Waals surface area contributed by atoms with E-state index in [-0.39, 0.29) is 0 Å². The maximum Gasteiger partial charge on any atom is 0.123 e. The first-order valence-corrected chi connectivity index (χ1v) is 7.14. The van der Waals surface area contributed by atoms with Gasteiger partial charge in [0.05, 0.1) is 0 Å². The Morgan fingerprint density at radius 1 is 0.875 bits per heavy atom. The Balaban J connectivity index is 1.83. The quantitative estimate of drug-likeness (QED) is 0.566. The summed E-state index contributed by atoms with van der Waals surface area (Å²) in [5, 5.41) is 0. The van der Waals surface area contributed by atoms with Crippen LogP contribution in [0.5, 0.6) is 0 Å². The molecule has 0 radical (unpaired) electrons. The van der Waals surface area contributed by atoms with Crippen LogP contribution in [-0.2, 0) is 4.79 Å². The minimum absolute atomic E-state index is 0.630. The van der Waals surface area contributed by atoms with Gasteiger partial charge in [0, 0.05) is 5.57 Å². The van der Waals surface area contributed by atoms with Crippen LogP contribution in [0.3, 0.4) is 0 Å². The maximum atomic E-state index is 11.0. The van der Waals surface area contributed by atoms with Crippen molar-refractivity contribution >= 4 is 5.94 Å². The minimum atomic E-state index is 0.630. The topological polar surface area (TPSA) is 17.1 Å². The summed E-state index contributed by atoms with van der Waals surface area (Å²) >= 11 is 0. The van der Waals surface area contributed by atoms with Crippen molar-refractivity contribution < 1.29 is 4.79 Å². The lowest BCUT2D eigenvalue weighted by Gasteiger charge is -2.48. The molecule has 88 valence electrons. The molecule has 0 N–H and O–H groups in total. The van der Waals surface area contributed by atoms with Crippen LogP contribution in [-0.4, -0.2) is 5.94 Å². The van der Waals surface area contributed by atoms with Gasteiger partial charge < -0.3 is 0 Å². The van der Waals surface area contributed by atoms with Gasteiger partial charge in [0.2, 0.25) is 0 Å². The van der Waals surface area contributed by atoms with Gasteiger partial charge in [-0.25, -0.2) is 4.79 Å². The van der Waals surface area contributed by atoms with E-state index in [0.717, 1.165) is 29.7 Å². The fourth-order valence-corrected chi connectivity index (χ4v) is 4.75.